The van der Waals surface area contributed by atoms with Crippen LogP contribution in [0.25, 0.3) is 21.0 Å². The highest BCUT2D eigenvalue weighted by atomic mass is 32.2. The Hall–Kier alpha value is -2.81. The van der Waals surface area contributed by atoms with Crippen molar-refractivity contribution in [2.75, 3.05) is 13.6 Å². The molecule has 0 saturated heterocycles. The second-order valence-corrected chi connectivity index (χ2v) is 9.86. The lowest BCUT2D eigenvalue weighted by Gasteiger charge is -2.16. The molecule has 1 N–H and O–H groups in total. The third-order valence-electron chi connectivity index (χ3n) is 4.80. The van der Waals surface area contributed by atoms with Gasteiger partial charge in [0.2, 0.25) is 15.9 Å². The summed E-state index contributed by atoms with van der Waals surface area (Å²) in [5.41, 5.74) is 0.918. The molecule has 0 aliphatic carbocycles. The smallest absolute Gasteiger partial charge is 0.240 e. The van der Waals surface area contributed by atoms with E-state index in [0.717, 1.165) is 26.0 Å². The van der Waals surface area contributed by atoms with E-state index in [1.54, 1.807) is 41.5 Å². The zero-order valence-corrected chi connectivity index (χ0v) is 18.0. The molecule has 4 rings (SSSR count). The first-order chi connectivity index (χ1) is 14.4. The molecular weight excluding hydrogens is 418 g/mol. The number of aromatic nitrogens is 1. The summed E-state index contributed by atoms with van der Waals surface area (Å²) >= 11 is 1.55. The van der Waals surface area contributed by atoms with Crippen LogP contribution >= 0.6 is 11.3 Å². The quantitative estimate of drug-likeness (QED) is 0.475. The third-order valence-corrected chi connectivity index (χ3v) is 7.28. The fourth-order valence-corrected chi connectivity index (χ4v) is 5.27. The summed E-state index contributed by atoms with van der Waals surface area (Å²) in [6.07, 6.45) is 0.0776. The summed E-state index contributed by atoms with van der Waals surface area (Å²) in [4.78, 5) is 18.7. The van der Waals surface area contributed by atoms with E-state index in [1.165, 1.54) is 0 Å². The van der Waals surface area contributed by atoms with Crippen LogP contribution in [0.15, 0.2) is 71.6 Å². The number of hydrogen-bond acceptors (Lipinski definition) is 5. The van der Waals surface area contributed by atoms with Gasteiger partial charge in [-0.25, -0.2) is 18.1 Å². The van der Waals surface area contributed by atoms with Gasteiger partial charge in [-0.1, -0.05) is 42.5 Å². The summed E-state index contributed by atoms with van der Waals surface area (Å²) in [6, 6.07) is 20.4. The summed E-state index contributed by atoms with van der Waals surface area (Å²) < 4.78 is 28.7. The molecule has 0 saturated carbocycles. The average Bonchev–Trinajstić information content (AvgIpc) is 3.15. The van der Waals surface area contributed by atoms with E-state index in [0.29, 0.717) is 6.54 Å². The zero-order chi connectivity index (χ0) is 21.1. The van der Waals surface area contributed by atoms with Crippen LogP contribution in [-0.2, 0) is 21.4 Å². The van der Waals surface area contributed by atoms with Crippen LogP contribution in [0.4, 0.5) is 0 Å². The summed E-state index contributed by atoms with van der Waals surface area (Å²) in [6.45, 7) is 0.438. The van der Waals surface area contributed by atoms with Gasteiger partial charge in [0.05, 0.1) is 21.7 Å². The minimum atomic E-state index is -3.68. The molecule has 0 bridgehead atoms. The van der Waals surface area contributed by atoms with Crippen LogP contribution < -0.4 is 4.72 Å². The molecule has 0 fully saturated rings. The first-order valence-electron chi connectivity index (χ1n) is 9.49. The number of para-hydroxylation sites is 1. The van der Waals surface area contributed by atoms with Crippen molar-refractivity contribution in [3.63, 3.8) is 0 Å². The van der Waals surface area contributed by atoms with E-state index in [1.807, 2.05) is 48.5 Å². The fourth-order valence-electron chi connectivity index (χ4n) is 3.18. The molecule has 1 aromatic heterocycles. The summed E-state index contributed by atoms with van der Waals surface area (Å²) in [5.74, 6) is -0.143. The number of carbonyl (C=O) groups is 1. The first kappa shape index (κ1) is 20.5. The van der Waals surface area contributed by atoms with Crippen molar-refractivity contribution in [3.8, 4) is 0 Å². The molecule has 1 heterocycles. The number of carbonyl (C=O) groups excluding carboxylic acids is 1. The second kappa shape index (κ2) is 8.51. The zero-order valence-electron chi connectivity index (χ0n) is 16.4. The Labute approximate surface area is 179 Å². The van der Waals surface area contributed by atoms with Crippen molar-refractivity contribution >= 4 is 48.3 Å². The molecule has 0 aliphatic heterocycles. The monoisotopic (exact) mass is 439 g/mol. The van der Waals surface area contributed by atoms with Gasteiger partial charge in [-0.05, 0) is 35.0 Å². The van der Waals surface area contributed by atoms with Crippen molar-refractivity contribution in [3.05, 3.63) is 71.7 Å². The van der Waals surface area contributed by atoms with Gasteiger partial charge in [0.25, 0.3) is 0 Å². The van der Waals surface area contributed by atoms with Gasteiger partial charge in [0, 0.05) is 20.0 Å². The Morgan fingerprint density at radius 2 is 1.77 bits per heavy atom. The van der Waals surface area contributed by atoms with Crippen LogP contribution in [0, 0.1) is 0 Å². The van der Waals surface area contributed by atoms with Crippen LogP contribution in [0.3, 0.4) is 0 Å². The van der Waals surface area contributed by atoms with E-state index in [2.05, 4.69) is 9.71 Å². The molecule has 154 valence electrons. The minimum absolute atomic E-state index is 0.0399. The number of amides is 1. The van der Waals surface area contributed by atoms with E-state index >= 15 is 0 Å². The molecule has 8 heteroatoms. The average molecular weight is 440 g/mol. The number of fused-ring (bicyclic) bond motifs is 2. The standard InChI is InChI=1S/C22H21N3O3S2/c1-25(15-21-24-19-8-4-5-9-20(19)29-21)22(26)12-13-23-30(27,28)18-11-10-16-6-2-3-7-17(16)14-18/h2-11,14,23H,12-13,15H2,1H3. The lowest BCUT2D eigenvalue weighted by atomic mass is 10.1. The SMILES string of the molecule is CN(Cc1nc2ccccc2s1)C(=O)CCNS(=O)(=O)c1ccc2ccccc2c1. The molecular formula is C22H21N3O3S2. The topological polar surface area (TPSA) is 79.4 Å². The molecule has 0 aliphatic rings. The van der Waals surface area contributed by atoms with Crippen LogP contribution in [0.2, 0.25) is 0 Å². The first-order valence-corrected chi connectivity index (χ1v) is 11.8. The van der Waals surface area contributed by atoms with E-state index in [9.17, 15) is 13.2 Å². The maximum absolute atomic E-state index is 12.6. The molecule has 3 aromatic carbocycles. The molecule has 0 radical (unpaired) electrons. The predicted octanol–water partition coefficient (Wildman–Crippen LogP) is 3.78. The molecule has 1 amide bonds. The normalized spacial score (nSPS) is 11.8. The molecule has 0 atom stereocenters. The number of benzene rings is 3. The maximum Gasteiger partial charge on any atom is 0.240 e. The molecule has 6 nitrogen and oxygen atoms in total. The van der Waals surface area contributed by atoms with Crippen molar-refractivity contribution in [2.24, 2.45) is 0 Å². The predicted molar refractivity (Wildman–Crippen MR) is 120 cm³/mol. The highest BCUT2D eigenvalue weighted by Gasteiger charge is 2.17. The number of thiazole rings is 1. The Morgan fingerprint density at radius 1 is 1.03 bits per heavy atom. The van der Waals surface area contributed by atoms with E-state index < -0.39 is 10.0 Å². The number of hydrogen-bond donors (Lipinski definition) is 1. The Balaban J connectivity index is 1.34. The Bertz CT molecular complexity index is 1280. The lowest BCUT2D eigenvalue weighted by molar-refractivity contribution is -0.130. The lowest BCUT2D eigenvalue weighted by Crippen LogP contribution is -2.31. The Kier molecular flexibility index (Phi) is 5.80. The maximum atomic E-state index is 12.6. The second-order valence-electron chi connectivity index (χ2n) is 6.98. The van der Waals surface area contributed by atoms with Gasteiger partial charge in [-0.15, -0.1) is 11.3 Å². The van der Waals surface area contributed by atoms with Gasteiger partial charge < -0.3 is 4.90 Å². The molecule has 30 heavy (non-hydrogen) atoms. The highest BCUT2D eigenvalue weighted by molar-refractivity contribution is 7.89. The van der Waals surface area contributed by atoms with Crippen molar-refractivity contribution in [1.82, 2.24) is 14.6 Å². The fraction of sp³-hybridized carbons (Fsp3) is 0.182. The number of nitrogens with zero attached hydrogens (tertiary/aromatic N) is 2. The van der Waals surface area contributed by atoms with E-state index in [-0.39, 0.29) is 23.8 Å². The minimum Gasteiger partial charge on any atom is -0.339 e. The number of sulfonamides is 1. The van der Waals surface area contributed by atoms with Crippen LogP contribution in [0.5, 0.6) is 0 Å². The van der Waals surface area contributed by atoms with Crippen LogP contribution in [-0.4, -0.2) is 37.8 Å². The van der Waals surface area contributed by atoms with Gasteiger partial charge in [-0.2, -0.15) is 0 Å². The number of rotatable bonds is 7. The van der Waals surface area contributed by atoms with E-state index in [4.69, 9.17) is 0 Å². The number of nitrogens with one attached hydrogen (secondary N) is 1. The summed E-state index contributed by atoms with van der Waals surface area (Å²) in [7, 11) is -1.98. The van der Waals surface area contributed by atoms with Gasteiger partial charge in [0.15, 0.2) is 0 Å². The largest absolute Gasteiger partial charge is 0.339 e. The third kappa shape index (κ3) is 4.51. The van der Waals surface area contributed by atoms with Crippen LogP contribution in [0.1, 0.15) is 11.4 Å². The van der Waals surface area contributed by atoms with Gasteiger partial charge in [0.1, 0.15) is 5.01 Å². The molecule has 4 aromatic rings. The van der Waals surface area contributed by atoms with Crippen molar-refractivity contribution < 1.29 is 13.2 Å². The van der Waals surface area contributed by atoms with Crippen molar-refractivity contribution in [1.29, 1.82) is 0 Å². The summed E-state index contributed by atoms with van der Waals surface area (Å²) in [5, 5.41) is 2.68. The Morgan fingerprint density at radius 3 is 2.57 bits per heavy atom. The molecule has 0 spiro atoms. The van der Waals surface area contributed by atoms with Gasteiger partial charge in [-0.3, -0.25) is 4.79 Å². The highest BCUT2D eigenvalue weighted by Crippen LogP contribution is 2.22. The van der Waals surface area contributed by atoms with Gasteiger partial charge >= 0.3 is 0 Å². The van der Waals surface area contributed by atoms with Crippen molar-refractivity contribution in [2.45, 2.75) is 17.9 Å². The molecule has 0 unspecified atom stereocenters.